The molecule has 0 heterocycles. The SMILES string of the molecule is CCCC(=O)N(CCN)c1ccc(OC)cc1. The highest BCUT2D eigenvalue weighted by molar-refractivity contribution is 5.93. The summed E-state index contributed by atoms with van der Waals surface area (Å²) in [6.45, 7) is 3.00. The molecule has 1 aromatic rings. The van der Waals surface area contributed by atoms with Crippen molar-refractivity contribution in [3.8, 4) is 5.75 Å². The molecule has 4 heteroatoms. The number of methoxy groups -OCH3 is 1. The summed E-state index contributed by atoms with van der Waals surface area (Å²) in [5.41, 5.74) is 6.41. The van der Waals surface area contributed by atoms with Crippen molar-refractivity contribution >= 4 is 11.6 Å². The van der Waals surface area contributed by atoms with E-state index in [9.17, 15) is 4.79 Å². The average molecular weight is 236 g/mol. The zero-order valence-corrected chi connectivity index (χ0v) is 10.5. The Balaban J connectivity index is 2.84. The number of ether oxygens (including phenoxy) is 1. The topological polar surface area (TPSA) is 55.6 Å². The molecule has 2 N–H and O–H groups in total. The highest BCUT2D eigenvalue weighted by atomic mass is 16.5. The minimum Gasteiger partial charge on any atom is -0.497 e. The first-order chi connectivity index (χ1) is 8.22. The van der Waals surface area contributed by atoms with Crippen molar-refractivity contribution < 1.29 is 9.53 Å². The van der Waals surface area contributed by atoms with Gasteiger partial charge in [0.15, 0.2) is 0 Å². The quantitative estimate of drug-likeness (QED) is 0.819. The lowest BCUT2D eigenvalue weighted by Crippen LogP contribution is -2.35. The van der Waals surface area contributed by atoms with Crippen LogP contribution in [0.5, 0.6) is 5.75 Å². The molecular formula is C13H20N2O2. The molecule has 1 rings (SSSR count). The van der Waals surface area contributed by atoms with E-state index in [2.05, 4.69) is 0 Å². The molecule has 0 bridgehead atoms. The number of carbonyl (C=O) groups excluding carboxylic acids is 1. The Kier molecular flexibility index (Phi) is 5.49. The second kappa shape index (κ2) is 6.91. The predicted octanol–water partition coefficient (Wildman–Crippen LogP) is 1.79. The van der Waals surface area contributed by atoms with E-state index in [1.165, 1.54) is 0 Å². The van der Waals surface area contributed by atoms with Gasteiger partial charge in [-0.3, -0.25) is 4.79 Å². The summed E-state index contributed by atoms with van der Waals surface area (Å²) in [6, 6.07) is 7.44. The fourth-order valence-corrected chi connectivity index (χ4v) is 1.64. The third kappa shape index (κ3) is 3.75. The summed E-state index contributed by atoms with van der Waals surface area (Å²) in [5.74, 6) is 0.896. The number of hydrogen-bond acceptors (Lipinski definition) is 3. The van der Waals surface area contributed by atoms with Crippen LogP contribution in [0.15, 0.2) is 24.3 Å². The molecule has 0 saturated heterocycles. The van der Waals surface area contributed by atoms with Crippen LogP contribution < -0.4 is 15.4 Å². The van der Waals surface area contributed by atoms with E-state index in [1.54, 1.807) is 12.0 Å². The van der Waals surface area contributed by atoms with Gasteiger partial charge in [0.05, 0.1) is 7.11 Å². The fraction of sp³-hybridized carbons (Fsp3) is 0.462. The van der Waals surface area contributed by atoms with Crippen molar-refractivity contribution in [2.75, 3.05) is 25.1 Å². The Bertz CT molecular complexity index is 349. The van der Waals surface area contributed by atoms with Crippen LogP contribution in [0.2, 0.25) is 0 Å². The average Bonchev–Trinajstić information content (AvgIpc) is 2.36. The maximum Gasteiger partial charge on any atom is 0.227 e. The molecule has 0 spiro atoms. The molecule has 0 aliphatic heterocycles. The third-order valence-electron chi connectivity index (χ3n) is 2.50. The van der Waals surface area contributed by atoms with Crippen LogP contribution in [0.3, 0.4) is 0 Å². The Hall–Kier alpha value is -1.55. The van der Waals surface area contributed by atoms with Crippen molar-refractivity contribution in [1.82, 2.24) is 0 Å². The molecular weight excluding hydrogens is 216 g/mol. The molecule has 0 atom stereocenters. The van der Waals surface area contributed by atoms with Gasteiger partial charge in [-0.15, -0.1) is 0 Å². The van der Waals surface area contributed by atoms with E-state index < -0.39 is 0 Å². The van der Waals surface area contributed by atoms with Gasteiger partial charge in [-0.05, 0) is 30.7 Å². The molecule has 1 amide bonds. The second-order valence-corrected chi connectivity index (χ2v) is 3.78. The van der Waals surface area contributed by atoms with Gasteiger partial charge in [-0.25, -0.2) is 0 Å². The van der Waals surface area contributed by atoms with Crippen LogP contribution in [0.25, 0.3) is 0 Å². The Morgan fingerprint density at radius 1 is 1.35 bits per heavy atom. The summed E-state index contributed by atoms with van der Waals surface area (Å²) < 4.78 is 5.09. The maximum atomic E-state index is 11.9. The molecule has 0 saturated carbocycles. The number of nitrogens with zero attached hydrogens (tertiary/aromatic N) is 1. The van der Waals surface area contributed by atoms with Crippen molar-refractivity contribution in [2.24, 2.45) is 5.73 Å². The van der Waals surface area contributed by atoms with Gasteiger partial charge in [-0.1, -0.05) is 6.92 Å². The molecule has 0 unspecified atom stereocenters. The lowest BCUT2D eigenvalue weighted by Gasteiger charge is -2.22. The fourth-order valence-electron chi connectivity index (χ4n) is 1.64. The van der Waals surface area contributed by atoms with E-state index >= 15 is 0 Å². The third-order valence-corrected chi connectivity index (χ3v) is 2.50. The zero-order chi connectivity index (χ0) is 12.7. The minimum atomic E-state index is 0.114. The number of rotatable bonds is 6. The van der Waals surface area contributed by atoms with E-state index in [0.717, 1.165) is 17.9 Å². The summed E-state index contributed by atoms with van der Waals surface area (Å²) in [5, 5.41) is 0. The van der Waals surface area contributed by atoms with E-state index in [-0.39, 0.29) is 5.91 Å². The largest absolute Gasteiger partial charge is 0.497 e. The first kappa shape index (κ1) is 13.5. The van der Waals surface area contributed by atoms with Gasteiger partial charge in [0.2, 0.25) is 5.91 Å². The highest BCUT2D eigenvalue weighted by Crippen LogP contribution is 2.19. The van der Waals surface area contributed by atoms with E-state index in [1.807, 2.05) is 31.2 Å². The number of nitrogens with two attached hydrogens (primary N) is 1. The lowest BCUT2D eigenvalue weighted by atomic mass is 10.2. The van der Waals surface area contributed by atoms with Gasteiger partial charge in [0.25, 0.3) is 0 Å². The lowest BCUT2D eigenvalue weighted by molar-refractivity contribution is -0.118. The first-order valence-electron chi connectivity index (χ1n) is 5.87. The molecule has 0 aliphatic carbocycles. The summed E-state index contributed by atoms with van der Waals surface area (Å²) in [4.78, 5) is 13.7. The van der Waals surface area contributed by atoms with Gasteiger partial charge < -0.3 is 15.4 Å². The summed E-state index contributed by atoms with van der Waals surface area (Å²) in [7, 11) is 1.62. The number of amides is 1. The summed E-state index contributed by atoms with van der Waals surface area (Å²) in [6.07, 6.45) is 1.39. The van der Waals surface area contributed by atoms with Crippen LogP contribution in [0.4, 0.5) is 5.69 Å². The molecule has 1 aromatic carbocycles. The van der Waals surface area contributed by atoms with Crippen LogP contribution in [0, 0.1) is 0 Å². The molecule has 0 aliphatic rings. The molecule has 0 fully saturated rings. The number of hydrogen-bond donors (Lipinski definition) is 1. The number of benzene rings is 1. The van der Waals surface area contributed by atoms with Gasteiger partial charge in [0, 0.05) is 25.2 Å². The Morgan fingerprint density at radius 3 is 2.47 bits per heavy atom. The zero-order valence-electron chi connectivity index (χ0n) is 10.5. The first-order valence-corrected chi connectivity index (χ1v) is 5.87. The molecule has 17 heavy (non-hydrogen) atoms. The number of anilines is 1. The van der Waals surface area contributed by atoms with Crippen molar-refractivity contribution in [3.63, 3.8) is 0 Å². The van der Waals surface area contributed by atoms with Crippen LogP contribution in [0.1, 0.15) is 19.8 Å². The van der Waals surface area contributed by atoms with Crippen molar-refractivity contribution in [3.05, 3.63) is 24.3 Å². The Morgan fingerprint density at radius 2 is 2.00 bits per heavy atom. The molecule has 0 aromatic heterocycles. The van der Waals surface area contributed by atoms with Crippen molar-refractivity contribution in [2.45, 2.75) is 19.8 Å². The van der Waals surface area contributed by atoms with Crippen LogP contribution in [-0.2, 0) is 4.79 Å². The summed E-state index contributed by atoms with van der Waals surface area (Å²) >= 11 is 0. The standard InChI is InChI=1S/C13H20N2O2/c1-3-4-13(16)15(10-9-14)11-5-7-12(17-2)8-6-11/h5-8H,3-4,9-10,14H2,1-2H3. The number of carbonyl (C=O) groups is 1. The van der Waals surface area contributed by atoms with Crippen LogP contribution >= 0.6 is 0 Å². The van der Waals surface area contributed by atoms with E-state index in [4.69, 9.17) is 10.5 Å². The van der Waals surface area contributed by atoms with Crippen LogP contribution in [-0.4, -0.2) is 26.1 Å². The highest BCUT2D eigenvalue weighted by Gasteiger charge is 2.13. The van der Waals surface area contributed by atoms with Gasteiger partial charge in [-0.2, -0.15) is 0 Å². The monoisotopic (exact) mass is 236 g/mol. The molecule has 4 nitrogen and oxygen atoms in total. The van der Waals surface area contributed by atoms with Crippen molar-refractivity contribution in [1.29, 1.82) is 0 Å². The predicted molar refractivity (Wildman–Crippen MR) is 69.3 cm³/mol. The van der Waals surface area contributed by atoms with Gasteiger partial charge in [0.1, 0.15) is 5.75 Å². The smallest absolute Gasteiger partial charge is 0.227 e. The normalized spacial score (nSPS) is 10.1. The maximum absolute atomic E-state index is 11.9. The molecule has 94 valence electrons. The van der Waals surface area contributed by atoms with E-state index in [0.29, 0.717) is 19.5 Å². The molecule has 0 radical (unpaired) electrons. The van der Waals surface area contributed by atoms with Gasteiger partial charge >= 0.3 is 0 Å². The second-order valence-electron chi connectivity index (χ2n) is 3.78. The Labute approximate surface area is 102 Å². The minimum absolute atomic E-state index is 0.114.